The van der Waals surface area contributed by atoms with Crippen LogP contribution in [0.1, 0.15) is 32.6 Å². The Morgan fingerprint density at radius 3 is 2.27 bits per heavy atom. The zero-order chi connectivity index (χ0) is 32.2. The zero-order valence-corrected chi connectivity index (χ0v) is 27.2. The second-order valence-electron chi connectivity index (χ2n) is 13.6. The Balaban J connectivity index is 1.48. The summed E-state index contributed by atoms with van der Waals surface area (Å²) < 4.78 is 46.9. The maximum atomic E-state index is 12.5. The Hall–Kier alpha value is -1.53. The third-order valence-corrected chi connectivity index (χ3v) is 9.14. The van der Waals surface area contributed by atoms with Crippen LogP contribution in [0.5, 0.6) is 0 Å². The van der Waals surface area contributed by atoms with Gasteiger partial charge < -0.3 is 58.3 Å². The predicted molar refractivity (Wildman–Crippen MR) is 157 cm³/mol. The third kappa shape index (κ3) is 9.27. The molecular formula is C30H48O13Si. The maximum absolute atomic E-state index is 12.5. The summed E-state index contributed by atoms with van der Waals surface area (Å²) in [5.74, 6) is -0.642. The first-order valence-electron chi connectivity index (χ1n) is 15.1. The summed E-state index contributed by atoms with van der Waals surface area (Å²) in [5.41, 5.74) is -0.00196. The number of aliphatic hydroxyl groups excluding tert-OH is 4. The van der Waals surface area contributed by atoms with Gasteiger partial charge in [0.15, 0.2) is 18.9 Å². The molecule has 13 nitrogen and oxygen atoms in total. The minimum Gasteiger partial charge on any atom is -0.458 e. The van der Waals surface area contributed by atoms with Crippen molar-refractivity contribution in [3.05, 3.63) is 35.9 Å². The first-order valence-corrected chi connectivity index (χ1v) is 18.8. The summed E-state index contributed by atoms with van der Waals surface area (Å²) in [4.78, 5) is 12.5. The molecule has 250 valence electrons. The highest BCUT2D eigenvalue weighted by atomic mass is 28.3. The molecule has 0 radical (unpaired) electrons. The number of fused-ring (bicyclic) bond motifs is 1. The lowest BCUT2D eigenvalue weighted by molar-refractivity contribution is -0.388. The molecule has 11 atom stereocenters. The molecule has 0 unspecified atom stereocenters. The van der Waals surface area contributed by atoms with E-state index in [1.807, 2.05) is 30.3 Å². The van der Waals surface area contributed by atoms with E-state index < -0.39 is 101 Å². The van der Waals surface area contributed by atoms with Crippen LogP contribution in [0.25, 0.3) is 0 Å². The van der Waals surface area contributed by atoms with Gasteiger partial charge in [-0.2, -0.15) is 0 Å². The smallest absolute Gasteiger partial charge is 0.332 e. The summed E-state index contributed by atoms with van der Waals surface area (Å²) in [6.45, 7) is 11.0. The Bertz CT molecular complexity index is 1050. The van der Waals surface area contributed by atoms with Gasteiger partial charge >= 0.3 is 5.97 Å². The van der Waals surface area contributed by atoms with E-state index in [9.17, 15) is 25.2 Å². The molecule has 3 aliphatic heterocycles. The van der Waals surface area contributed by atoms with Crippen molar-refractivity contribution < 1.29 is 63.1 Å². The molecule has 3 heterocycles. The van der Waals surface area contributed by atoms with Crippen LogP contribution in [0.4, 0.5) is 0 Å². The average Bonchev–Trinajstić information content (AvgIpc) is 2.95. The molecule has 44 heavy (non-hydrogen) atoms. The fourth-order valence-corrected chi connectivity index (χ4v) is 5.91. The minimum absolute atomic E-state index is 0.0336. The predicted octanol–water partition coefficient (Wildman–Crippen LogP) is 1.09. The normalized spacial score (nSPS) is 36.5. The number of hydrogen-bond acceptors (Lipinski definition) is 13. The molecule has 0 spiro atoms. The highest BCUT2D eigenvalue weighted by molar-refractivity contribution is 6.76. The van der Waals surface area contributed by atoms with Crippen molar-refractivity contribution in [1.29, 1.82) is 0 Å². The van der Waals surface area contributed by atoms with Gasteiger partial charge in [0.2, 0.25) is 0 Å². The fourth-order valence-electron chi connectivity index (χ4n) is 5.18. The molecule has 1 aromatic rings. The zero-order valence-electron chi connectivity index (χ0n) is 26.2. The molecule has 4 rings (SSSR count). The SMILES string of the molecule is CC(C)(C)OC(=O)CO[C@@H]1[C@@H](O)[C@H](O[C@H]2[C@H](O)[C@@H](O)[C@H](OCC[Si](C)(C)C)O[C@@H]2CO)O[C@@H]2CO[C@H](c3ccccc3)O[C@H]12. The Kier molecular flexibility index (Phi) is 12.0. The third-order valence-electron chi connectivity index (χ3n) is 7.44. The quantitative estimate of drug-likeness (QED) is 0.200. The molecule has 1 aromatic carbocycles. The van der Waals surface area contributed by atoms with Crippen LogP contribution < -0.4 is 0 Å². The largest absolute Gasteiger partial charge is 0.458 e. The average molecular weight is 645 g/mol. The number of benzene rings is 1. The molecule has 0 aromatic heterocycles. The number of carbonyl (C=O) groups excluding carboxylic acids is 1. The molecular weight excluding hydrogens is 596 g/mol. The molecule has 14 heteroatoms. The first-order chi connectivity index (χ1) is 20.7. The highest BCUT2D eigenvalue weighted by Crippen LogP contribution is 2.37. The minimum atomic E-state index is -1.55. The molecule has 0 bridgehead atoms. The Morgan fingerprint density at radius 1 is 0.932 bits per heavy atom. The van der Waals surface area contributed by atoms with Gasteiger partial charge in [0.1, 0.15) is 61.0 Å². The molecule has 3 saturated heterocycles. The molecule has 0 saturated carbocycles. The van der Waals surface area contributed by atoms with Gasteiger partial charge in [0.05, 0.1) is 13.2 Å². The molecule has 3 aliphatic rings. The van der Waals surface area contributed by atoms with Crippen molar-refractivity contribution in [1.82, 2.24) is 0 Å². The van der Waals surface area contributed by atoms with Crippen molar-refractivity contribution in [3.63, 3.8) is 0 Å². The van der Waals surface area contributed by atoms with E-state index in [2.05, 4.69) is 19.6 Å². The van der Waals surface area contributed by atoms with Gasteiger partial charge in [0, 0.05) is 20.2 Å². The van der Waals surface area contributed by atoms with E-state index in [-0.39, 0.29) is 6.61 Å². The summed E-state index contributed by atoms with van der Waals surface area (Å²) in [6.07, 6.45) is -13.2. The second kappa shape index (κ2) is 14.9. The van der Waals surface area contributed by atoms with E-state index >= 15 is 0 Å². The summed E-state index contributed by atoms with van der Waals surface area (Å²) in [7, 11) is -1.43. The van der Waals surface area contributed by atoms with Crippen molar-refractivity contribution in [2.24, 2.45) is 0 Å². The number of esters is 1. The highest BCUT2D eigenvalue weighted by Gasteiger charge is 2.54. The van der Waals surface area contributed by atoms with Gasteiger partial charge in [-0.25, -0.2) is 4.79 Å². The fraction of sp³-hybridized carbons (Fsp3) is 0.767. The lowest BCUT2D eigenvalue weighted by Crippen LogP contribution is -2.66. The number of ether oxygens (including phenoxy) is 8. The standard InChI is InChI=1S/C30H48O13Si/c1-30(2,3)43-20(32)16-37-26-23(35)29(40-19-15-38-27(42-25(19)26)17-10-8-7-9-11-17)41-24-18(14-31)39-28(22(34)21(24)33)36-12-13-44(4,5)6/h7-11,18-19,21-29,31,33-35H,12-16H2,1-6H3/t18-,19-,21-,22-,23-,24-,25+,26-,27+,28-,29+/m1/s1. The van der Waals surface area contributed by atoms with Gasteiger partial charge in [0.25, 0.3) is 0 Å². The van der Waals surface area contributed by atoms with Crippen LogP contribution in [-0.4, -0.2) is 128 Å². The van der Waals surface area contributed by atoms with Gasteiger partial charge in [-0.3, -0.25) is 0 Å². The van der Waals surface area contributed by atoms with E-state index in [1.165, 1.54) is 0 Å². The molecule has 4 N–H and O–H groups in total. The van der Waals surface area contributed by atoms with Crippen LogP contribution in [0, 0.1) is 0 Å². The molecule has 3 fully saturated rings. The van der Waals surface area contributed by atoms with Crippen LogP contribution in [-0.2, 0) is 42.7 Å². The Labute approximate surface area is 259 Å². The number of carbonyl (C=O) groups is 1. The summed E-state index contributed by atoms with van der Waals surface area (Å²) in [6, 6.07) is 10.0. The second-order valence-corrected chi connectivity index (χ2v) is 19.2. The van der Waals surface area contributed by atoms with Gasteiger partial charge in [-0.05, 0) is 26.8 Å². The van der Waals surface area contributed by atoms with Crippen LogP contribution in [0.3, 0.4) is 0 Å². The lowest BCUT2D eigenvalue weighted by atomic mass is 9.96. The maximum Gasteiger partial charge on any atom is 0.332 e. The number of aliphatic hydroxyl groups is 4. The number of rotatable bonds is 11. The topological polar surface area (TPSA) is 172 Å². The summed E-state index contributed by atoms with van der Waals surface area (Å²) >= 11 is 0. The van der Waals surface area contributed by atoms with Crippen molar-refractivity contribution in [2.45, 2.75) is 120 Å². The van der Waals surface area contributed by atoms with Crippen molar-refractivity contribution in [3.8, 4) is 0 Å². The van der Waals surface area contributed by atoms with E-state index in [4.69, 9.17) is 37.9 Å². The van der Waals surface area contributed by atoms with E-state index in [0.29, 0.717) is 6.61 Å². The number of hydrogen-bond donors (Lipinski definition) is 4. The first kappa shape index (κ1) is 35.3. The molecule has 0 amide bonds. The summed E-state index contributed by atoms with van der Waals surface area (Å²) in [5, 5.41) is 43.3. The van der Waals surface area contributed by atoms with Crippen molar-refractivity contribution >= 4 is 14.0 Å². The lowest BCUT2D eigenvalue weighted by Gasteiger charge is -2.49. The van der Waals surface area contributed by atoms with Crippen LogP contribution >= 0.6 is 0 Å². The van der Waals surface area contributed by atoms with E-state index in [0.717, 1.165) is 11.6 Å². The van der Waals surface area contributed by atoms with Gasteiger partial charge in [-0.15, -0.1) is 0 Å². The van der Waals surface area contributed by atoms with Crippen molar-refractivity contribution in [2.75, 3.05) is 26.4 Å². The van der Waals surface area contributed by atoms with Crippen LogP contribution in [0.15, 0.2) is 30.3 Å². The van der Waals surface area contributed by atoms with Gasteiger partial charge in [-0.1, -0.05) is 50.0 Å². The molecule has 0 aliphatic carbocycles. The van der Waals surface area contributed by atoms with Crippen LogP contribution in [0.2, 0.25) is 25.7 Å². The monoisotopic (exact) mass is 644 g/mol. The van der Waals surface area contributed by atoms with E-state index in [1.54, 1.807) is 20.8 Å². The Morgan fingerprint density at radius 2 is 1.64 bits per heavy atom.